The van der Waals surface area contributed by atoms with Gasteiger partial charge < -0.3 is 14.0 Å². The zero-order valence-corrected chi connectivity index (χ0v) is 27.8. The van der Waals surface area contributed by atoms with Gasteiger partial charge in [-0.2, -0.15) is 0 Å². The van der Waals surface area contributed by atoms with Crippen molar-refractivity contribution in [3.8, 4) is 39.5 Å². The van der Waals surface area contributed by atoms with Gasteiger partial charge in [0.1, 0.15) is 0 Å². The standard InChI is InChI=1S/C30H23N2O.C11H8N.Ir/c1-20(2)23-14-17-25-26(19-33-29(25)18-23)30-31-27-10-6-7-11-28(27)32(30)24-15-12-22(13-16-24)21-8-4-3-5-9-21;1-2-6-10(7-3-1)11-8-4-5-9-12-11;/h3-18,20H,1-2H3;1-6,8-9H;/q2*-1;/i20D;;. The van der Waals surface area contributed by atoms with Gasteiger partial charge in [0.25, 0.3) is 0 Å². The summed E-state index contributed by atoms with van der Waals surface area (Å²) >= 11 is 0. The summed E-state index contributed by atoms with van der Waals surface area (Å²) in [5.41, 5.74) is 9.75. The zero-order valence-electron chi connectivity index (χ0n) is 26.4. The molecule has 0 aliphatic heterocycles. The summed E-state index contributed by atoms with van der Waals surface area (Å²) in [5, 5.41) is 0.936. The first kappa shape index (κ1) is 29.6. The summed E-state index contributed by atoms with van der Waals surface area (Å²) in [7, 11) is 0. The average molecular weight is 775 g/mol. The van der Waals surface area contributed by atoms with Crippen molar-refractivity contribution < 1.29 is 25.9 Å². The van der Waals surface area contributed by atoms with Crippen LogP contribution in [0.4, 0.5) is 0 Å². The smallest absolute Gasteiger partial charge is 0.0774 e. The van der Waals surface area contributed by atoms with Crippen molar-refractivity contribution in [1.29, 1.82) is 0 Å². The van der Waals surface area contributed by atoms with Crippen LogP contribution in [0, 0.1) is 12.3 Å². The summed E-state index contributed by atoms with van der Waals surface area (Å²) in [6, 6.07) is 49.8. The first-order valence-corrected chi connectivity index (χ1v) is 14.9. The average Bonchev–Trinajstić information content (AvgIpc) is 3.71. The Bertz CT molecular complexity index is 2180. The Labute approximate surface area is 284 Å². The molecule has 0 unspecified atom stereocenters. The zero-order chi connectivity index (χ0) is 31.5. The molecule has 4 nitrogen and oxygen atoms in total. The van der Waals surface area contributed by atoms with E-state index in [1.165, 1.54) is 11.1 Å². The number of aromatic nitrogens is 3. The van der Waals surface area contributed by atoms with Crippen molar-refractivity contribution >= 4 is 22.0 Å². The fourth-order valence-corrected chi connectivity index (χ4v) is 5.41. The molecule has 0 saturated heterocycles. The van der Waals surface area contributed by atoms with Crippen LogP contribution in [-0.2, 0) is 20.1 Å². The number of fused-ring (bicyclic) bond motifs is 2. The van der Waals surface area contributed by atoms with Crippen LogP contribution >= 0.6 is 0 Å². The van der Waals surface area contributed by atoms with Crippen molar-refractivity contribution in [2.24, 2.45) is 0 Å². The largest absolute Gasteiger partial charge is 0.557 e. The van der Waals surface area contributed by atoms with E-state index in [0.717, 1.165) is 50.3 Å². The number of hydrogen-bond donors (Lipinski definition) is 0. The Balaban J connectivity index is 0.000000250. The molecule has 3 heterocycles. The molecule has 0 atom stereocenters. The SMILES string of the molecule is [2H]C(C)(C)c1ccc2c(-c3nc4ccccc4n3-c3ccc(-c4ccccc4)cc3)[c-]oc2c1.[Ir].[c-]1ccccc1-c1ccccn1. The van der Waals surface area contributed by atoms with Gasteiger partial charge in [-0.1, -0.05) is 109 Å². The number of para-hydroxylation sites is 2. The molecule has 0 aliphatic rings. The van der Waals surface area contributed by atoms with Crippen molar-refractivity contribution in [3.05, 3.63) is 164 Å². The summed E-state index contributed by atoms with van der Waals surface area (Å²) in [6.07, 6.45) is 4.89. The molecule has 0 fully saturated rings. The molecule has 0 bridgehead atoms. The molecule has 1 radical (unpaired) electrons. The van der Waals surface area contributed by atoms with Crippen molar-refractivity contribution in [2.75, 3.05) is 0 Å². The van der Waals surface area contributed by atoms with Gasteiger partial charge in [-0.15, -0.1) is 42.0 Å². The predicted molar refractivity (Wildman–Crippen MR) is 183 cm³/mol. The molecular formula is C41H31IrN3O-2. The number of furan rings is 1. The van der Waals surface area contributed by atoms with Crippen LogP contribution in [0.2, 0.25) is 0 Å². The number of rotatable bonds is 5. The maximum absolute atomic E-state index is 8.35. The van der Waals surface area contributed by atoms with Crippen LogP contribution in [0.1, 0.15) is 26.7 Å². The molecule has 227 valence electrons. The first-order chi connectivity index (χ1) is 22.5. The molecule has 8 rings (SSSR count). The maximum Gasteiger partial charge on any atom is 0.0774 e. The molecule has 8 aromatic rings. The molecular weight excluding hydrogens is 743 g/mol. The molecule has 46 heavy (non-hydrogen) atoms. The van der Waals surface area contributed by atoms with E-state index in [1.807, 2.05) is 98.8 Å². The van der Waals surface area contributed by atoms with Crippen LogP contribution in [0.5, 0.6) is 0 Å². The molecule has 0 aliphatic carbocycles. The van der Waals surface area contributed by atoms with Gasteiger partial charge in [0.2, 0.25) is 0 Å². The minimum absolute atomic E-state index is 0. The van der Waals surface area contributed by atoms with Crippen LogP contribution in [-0.4, -0.2) is 14.5 Å². The molecule has 5 heteroatoms. The van der Waals surface area contributed by atoms with E-state index in [2.05, 4.69) is 76.5 Å². The quantitative estimate of drug-likeness (QED) is 0.164. The van der Waals surface area contributed by atoms with E-state index in [9.17, 15) is 0 Å². The van der Waals surface area contributed by atoms with Crippen molar-refractivity contribution in [2.45, 2.75) is 19.7 Å². The first-order valence-electron chi connectivity index (χ1n) is 15.4. The minimum Gasteiger partial charge on any atom is -0.557 e. The summed E-state index contributed by atoms with van der Waals surface area (Å²) < 4.78 is 16.4. The Hall–Kier alpha value is -5.09. The molecule has 0 spiro atoms. The van der Waals surface area contributed by atoms with Gasteiger partial charge in [-0.05, 0) is 53.0 Å². The van der Waals surface area contributed by atoms with Crippen LogP contribution < -0.4 is 0 Å². The monoisotopic (exact) mass is 775 g/mol. The van der Waals surface area contributed by atoms with E-state index in [1.54, 1.807) is 6.20 Å². The van der Waals surface area contributed by atoms with Crippen molar-refractivity contribution in [1.82, 2.24) is 14.5 Å². The Morgan fingerprint density at radius 1 is 0.761 bits per heavy atom. The topological polar surface area (TPSA) is 43.9 Å². The van der Waals surface area contributed by atoms with Gasteiger partial charge >= 0.3 is 0 Å². The van der Waals surface area contributed by atoms with Gasteiger partial charge in [0.15, 0.2) is 0 Å². The second-order valence-electron chi connectivity index (χ2n) is 11.0. The Morgan fingerprint density at radius 2 is 1.50 bits per heavy atom. The number of benzene rings is 5. The predicted octanol–water partition coefficient (Wildman–Crippen LogP) is 10.6. The second-order valence-corrected chi connectivity index (χ2v) is 11.0. The second kappa shape index (κ2) is 13.9. The summed E-state index contributed by atoms with van der Waals surface area (Å²) in [4.78, 5) is 9.19. The van der Waals surface area contributed by atoms with Crippen LogP contribution in [0.25, 0.3) is 61.5 Å². The summed E-state index contributed by atoms with van der Waals surface area (Å²) in [6.45, 7) is 3.75. The number of nitrogens with zero attached hydrogens (tertiary/aromatic N) is 3. The Morgan fingerprint density at radius 3 is 2.24 bits per heavy atom. The molecule has 0 N–H and O–H groups in total. The number of imidazole rings is 1. The summed E-state index contributed by atoms with van der Waals surface area (Å²) in [5.74, 6) is 0.0831. The maximum atomic E-state index is 8.35. The van der Waals surface area contributed by atoms with E-state index < -0.39 is 5.89 Å². The van der Waals surface area contributed by atoms with Gasteiger partial charge in [-0.25, -0.2) is 0 Å². The van der Waals surface area contributed by atoms with Crippen LogP contribution in [0.3, 0.4) is 0 Å². The fourth-order valence-electron chi connectivity index (χ4n) is 5.41. The third-order valence-electron chi connectivity index (χ3n) is 7.76. The Kier molecular flexibility index (Phi) is 8.95. The van der Waals surface area contributed by atoms with Crippen molar-refractivity contribution in [3.63, 3.8) is 0 Å². The molecule has 0 saturated carbocycles. The van der Waals surface area contributed by atoms with E-state index in [-0.39, 0.29) is 20.1 Å². The molecule has 5 aromatic carbocycles. The third kappa shape index (κ3) is 6.34. The normalized spacial score (nSPS) is 11.4. The number of pyridine rings is 1. The van der Waals surface area contributed by atoms with E-state index >= 15 is 0 Å². The molecule has 3 aromatic heterocycles. The minimum atomic E-state index is -0.700. The van der Waals surface area contributed by atoms with E-state index in [4.69, 9.17) is 10.8 Å². The van der Waals surface area contributed by atoms with Gasteiger partial charge in [-0.3, -0.25) is 4.98 Å². The van der Waals surface area contributed by atoms with E-state index in [0.29, 0.717) is 5.58 Å². The fraction of sp³-hybridized carbons (Fsp3) is 0.0732. The van der Waals surface area contributed by atoms with Gasteiger partial charge in [0, 0.05) is 45.2 Å². The van der Waals surface area contributed by atoms with Crippen LogP contribution in [0.15, 0.2) is 150 Å². The third-order valence-corrected chi connectivity index (χ3v) is 7.76. The van der Waals surface area contributed by atoms with Gasteiger partial charge in [0.05, 0.1) is 16.9 Å². The molecule has 0 amide bonds. The number of hydrogen-bond acceptors (Lipinski definition) is 3.